The van der Waals surface area contributed by atoms with E-state index in [9.17, 15) is 14.0 Å². The molecule has 3 N–H and O–H groups in total. The second-order valence-corrected chi connectivity index (χ2v) is 5.09. The summed E-state index contributed by atoms with van der Waals surface area (Å²) in [7, 11) is 0. The van der Waals surface area contributed by atoms with Crippen LogP contribution in [0.1, 0.15) is 38.7 Å². The maximum Gasteiger partial charge on any atom is 0.315 e. The van der Waals surface area contributed by atoms with Crippen LogP contribution in [-0.4, -0.2) is 24.5 Å². The molecule has 0 spiro atoms. The number of carbonyl (C=O) groups is 2. The third-order valence-corrected chi connectivity index (χ3v) is 3.11. The van der Waals surface area contributed by atoms with Gasteiger partial charge in [0.05, 0.1) is 0 Å². The number of hydrogen-bond acceptors (Lipinski definition) is 2. The van der Waals surface area contributed by atoms with E-state index in [1.165, 1.54) is 12.1 Å². The normalized spacial score (nSPS) is 11.6. The molecule has 1 unspecified atom stereocenters. The van der Waals surface area contributed by atoms with Crippen molar-refractivity contribution in [3.05, 3.63) is 35.6 Å². The molecule has 0 aliphatic heterocycles. The first kappa shape index (κ1) is 17.9. The first-order valence-electron chi connectivity index (χ1n) is 7.63. The molecule has 0 fully saturated rings. The van der Waals surface area contributed by atoms with Gasteiger partial charge in [-0.05, 0) is 30.5 Å². The number of carbonyl (C=O) groups excluding carboxylic acids is 2. The topological polar surface area (TPSA) is 70.2 Å². The first-order chi connectivity index (χ1) is 10.6. The summed E-state index contributed by atoms with van der Waals surface area (Å²) in [5, 5.41) is 8.12. The van der Waals surface area contributed by atoms with Crippen molar-refractivity contribution in [1.82, 2.24) is 16.0 Å². The Hall–Kier alpha value is -2.11. The lowest BCUT2D eigenvalue weighted by Gasteiger charge is -2.18. The molecule has 1 aromatic carbocycles. The molecule has 22 heavy (non-hydrogen) atoms. The van der Waals surface area contributed by atoms with Crippen LogP contribution in [0.5, 0.6) is 0 Å². The van der Waals surface area contributed by atoms with Crippen molar-refractivity contribution < 1.29 is 14.0 Å². The highest BCUT2D eigenvalue weighted by Gasteiger charge is 2.19. The first-order valence-corrected chi connectivity index (χ1v) is 7.63. The van der Waals surface area contributed by atoms with Gasteiger partial charge in [-0.2, -0.15) is 0 Å². The van der Waals surface area contributed by atoms with E-state index in [4.69, 9.17) is 0 Å². The van der Waals surface area contributed by atoms with Crippen molar-refractivity contribution in [2.45, 2.75) is 45.7 Å². The van der Waals surface area contributed by atoms with E-state index in [2.05, 4.69) is 16.0 Å². The van der Waals surface area contributed by atoms with Crippen LogP contribution >= 0.6 is 0 Å². The van der Waals surface area contributed by atoms with Gasteiger partial charge in [0.2, 0.25) is 5.91 Å². The van der Waals surface area contributed by atoms with E-state index in [1.807, 2.05) is 13.8 Å². The van der Waals surface area contributed by atoms with E-state index in [0.29, 0.717) is 13.0 Å². The molecule has 0 heterocycles. The third kappa shape index (κ3) is 6.56. The lowest BCUT2D eigenvalue weighted by molar-refractivity contribution is -0.123. The molecule has 0 saturated heterocycles. The number of urea groups is 1. The quantitative estimate of drug-likeness (QED) is 0.690. The van der Waals surface area contributed by atoms with E-state index in [0.717, 1.165) is 18.4 Å². The summed E-state index contributed by atoms with van der Waals surface area (Å²) in [6, 6.07) is 4.94. The summed E-state index contributed by atoms with van der Waals surface area (Å²) in [4.78, 5) is 23.8. The second kappa shape index (κ2) is 9.76. The van der Waals surface area contributed by atoms with Gasteiger partial charge in [0, 0.05) is 13.1 Å². The Morgan fingerprint density at radius 3 is 2.36 bits per heavy atom. The predicted molar refractivity (Wildman–Crippen MR) is 83.8 cm³/mol. The van der Waals surface area contributed by atoms with Crippen molar-refractivity contribution in [2.75, 3.05) is 6.54 Å². The van der Waals surface area contributed by atoms with E-state index >= 15 is 0 Å². The molecule has 5 nitrogen and oxygen atoms in total. The van der Waals surface area contributed by atoms with Crippen LogP contribution in [0.3, 0.4) is 0 Å². The zero-order valence-corrected chi connectivity index (χ0v) is 13.1. The molecule has 1 aromatic rings. The lowest BCUT2D eigenvalue weighted by atomic mass is 10.1. The predicted octanol–water partition coefficient (Wildman–Crippen LogP) is 2.32. The van der Waals surface area contributed by atoms with Gasteiger partial charge < -0.3 is 16.0 Å². The van der Waals surface area contributed by atoms with Gasteiger partial charge in [0.1, 0.15) is 11.9 Å². The van der Waals surface area contributed by atoms with Crippen LogP contribution in [0.2, 0.25) is 0 Å². The van der Waals surface area contributed by atoms with Crippen molar-refractivity contribution in [3.63, 3.8) is 0 Å². The SMILES string of the molecule is CCCNC(=O)C(CCC)NC(=O)NCc1ccc(F)cc1. The average molecular weight is 309 g/mol. The zero-order chi connectivity index (χ0) is 16.4. The highest BCUT2D eigenvalue weighted by atomic mass is 19.1. The maximum atomic E-state index is 12.8. The lowest BCUT2D eigenvalue weighted by Crippen LogP contribution is -2.49. The van der Waals surface area contributed by atoms with Crippen LogP contribution < -0.4 is 16.0 Å². The summed E-state index contributed by atoms with van der Waals surface area (Å²) in [5.74, 6) is -0.482. The summed E-state index contributed by atoms with van der Waals surface area (Å²) in [5.41, 5.74) is 0.791. The van der Waals surface area contributed by atoms with Gasteiger partial charge in [-0.3, -0.25) is 4.79 Å². The summed E-state index contributed by atoms with van der Waals surface area (Å²) in [6.07, 6.45) is 2.23. The number of nitrogens with one attached hydrogen (secondary N) is 3. The van der Waals surface area contributed by atoms with Crippen LogP contribution in [0, 0.1) is 5.82 Å². The standard InChI is InChI=1S/C16H24FN3O2/c1-3-5-14(15(21)18-10-4-2)20-16(22)19-11-12-6-8-13(17)9-7-12/h6-9,14H,3-5,10-11H2,1-2H3,(H,18,21)(H2,19,20,22). The van der Waals surface area contributed by atoms with E-state index in [1.54, 1.807) is 12.1 Å². The Morgan fingerprint density at radius 2 is 1.77 bits per heavy atom. The average Bonchev–Trinajstić information content (AvgIpc) is 2.51. The molecule has 1 atom stereocenters. The number of hydrogen-bond donors (Lipinski definition) is 3. The molecule has 0 saturated carbocycles. The molecule has 0 aromatic heterocycles. The Labute approximate surface area is 130 Å². The smallest absolute Gasteiger partial charge is 0.315 e. The molecule has 0 radical (unpaired) electrons. The van der Waals surface area contributed by atoms with Gasteiger partial charge >= 0.3 is 6.03 Å². The minimum absolute atomic E-state index is 0.166. The highest BCUT2D eigenvalue weighted by molar-refractivity contribution is 5.86. The van der Waals surface area contributed by atoms with E-state index < -0.39 is 12.1 Å². The molecule has 6 heteroatoms. The van der Waals surface area contributed by atoms with Crippen molar-refractivity contribution >= 4 is 11.9 Å². The van der Waals surface area contributed by atoms with Crippen molar-refractivity contribution in [3.8, 4) is 0 Å². The third-order valence-electron chi connectivity index (χ3n) is 3.11. The molecule has 0 aliphatic carbocycles. The van der Waals surface area contributed by atoms with Crippen LogP contribution in [0.4, 0.5) is 9.18 Å². The minimum Gasteiger partial charge on any atom is -0.354 e. The Balaban J connectivity index is 2.45. The summed E-state index contributed by atoms with van der Waals surface area (Å²) < 4.78 is 12.8. The summed E-state index contributed by atoms with van der Waals surface area (Å²) >= 11 is 0. The fourth-order valence-corrected chi connectivity index (χ4v) is 1.92. The molecule has 3 amide bonds. The van der Waals surface area contributed by atoms with Crippen molar-refractivity contribution in [2.24, 2.45) is 0 Å². The van der Waals surface area contributed by atoms with Gasteiger partial charge in [-0.25, -0.2) is 9.18 Å². The molecule has 122 valence electrons. The van der Waals surface area contributed by atoms with Gasteiger partial charge in [0.25, 0.3) is 0 Å². The molecular formula is C16H24FN3O2. The second-order valence-electron chi connectivity index (χ2n) is 5.09. The van der Waals surface area contributed by atoms with Crippen LogP contribution in [0.15, 0.2) is 24.3 Å². The fraction of sp³-hybridized carbons (Fsp3) is 0.500. The minimum atomic E-state index is -0.537. The Bertz CT molecular complexity index is 477. The van der Waals surface area contributed by atoms with Crippen molar-refractivity contribution in [1.29, 1.82) is 0 Å². The number of amides is 3. The van der Waals surface area contributed by atoms with Crippen LogP contribution in [0.25, 0.3) is 0 Å². The zero-order valence-electron chi connectivity index (χ0n) is 13.1. The maximum absolute atomic E-state index is 12.8. The van der Waals surface area contributed by atoms with Gasteiger partial charge in [-0.1, -0.05) is 32.4 Å². The summed E-state index contributed by atoms with van der Waals surface area (Å²) in [6.45, 7) is 4.80. The molecular weight excluding hydrogens is 285 g/mol. The number of rotatable bonds is 8. The van der Waals surface area contributed by atoms with Gasteiger partial charge in [0.15, 0.2) is 0 Å². The van der Waals surface area contributed by atoms with Gasteiger partial charge in [-0.15, -0.1) is 0 Å². The molecule has 0 aliphatic rings. The Kier molecular flexibility index (Phi) is 7.96. The number of benzene rings is 1. The number of halogens is 1. The Morgan fingerprint density at radius 1 is 1.09 bits per heavy atom. The largest absolute Gasteiger partial charge is 0.354 e. The molecule has 0 bridgehead atoms. The highest BCUT2D eigenvalue weighted by Crippen LogP contribution is 2.02. The fourth-order valence-electron chi connectivity index (χ4n) is 1.92. The monoisotopic (exact) mass is 309 g/mol. The molecule has 1 rings (SSSR count). The van der Waals surface area contributed by atoms with Crippen LogP contribution in [-0.2, 0) is 11.3 Å². The van der Waals surface area contributed by atoms with E-state index in [-0.39, 0.29) is 18.3 Å².